The molecule has 1 saturated heterocycles. The fraction of sp³-hybridized carbons (Fsp3) is 0.480. The van der Waals surface area contributed by atoms with Crippen molar-refractivity contribution >= 4 is 6.09 Å². The molecule has 6 heteroatoms. The van der Waals surface area contributed by atoms with Gasteiger partial charge in [-0.3, -0.25) is 5.21 Å². The number of nitrogens with zero attached hydrogens (tertiary/aromatic N) is 1. The summed E-state index contributed by atoms with van der Waals surface area (Å²) in [5.74, 6) is 0.279. The molecule has 1 aliphatic heterocycles. The zero-order valence-electron chi connectivity index (χ0n) is 18.4. The van der Waals surface area contributed by atoms with Crippen LogP contribution in [-0.2, 0) is 11.2 Å². The van der Waals surface area contributed by atoms with Crippen LogP contribution in [0.1, 0.15) is 49.7 Å². The molecule has 0 radical (unpaired) electrons. The molecule has 0 bridgehead atoms. The zero-order chi connectivity index (χ0) is 22.2. The van der Waals surface area contributed by atoms with Crippen LogP contribution in [0.3, 0.4) is 0 Å². The number of benzene rings is 2. The van der Waals surface area contributed by atoms with Crippen molar-refractivity contribution in [3.8, 4) is 11.1 Å². The van der Waals surface area contributed by atoms with Gasteiger partial charge in [0, 0.05) is 5.56 Å². The van der Waals surface area contributed by atoms with Crippen LogP contribution in [0.25, 0.3) is 11.1 Å². The van der Waals surface area contributed by atoms with Crippen LogP contribution >= 0.6 is 0 Å². The van der Waals surface area contributed by atoms with Crippen molar-refractivity contribution < 1.29 is 19.1 Å². The molecule has 2 atom stereocenters. The number of hydroxylamine groups is 2. The molecule has 1 heterocycles. The van der Waals surface area contributed by atoms with Gasteiger partial charge in [-0.2, -0.15) is 5.06 Å². The number of piperidine rings is 1. The molecule has 0 unspecified atom stereocenters. The molecule has 1 fully saturated rings. The van der Waals surface area contributed by atoms with Gasteiger partial charge >= 0.3 is 6.09 Å². The van der Waals surface area contributed by atoms with Gasteiger partial charge in [0.2, 0.25) is 0 Å². The number of nitrogens with one attached hydrogen (secondary N) is 1. The third kappa shape index (κ3) is 5.83. The normalized spacial score (nSPS) is 17.2. The van der Waals surface area contributed by atoms with Gasteiger partial charge in [0.1, 0.15) is 5.82 Å². The Morgan fingerprint density at radius 3 is 2.84 bits per heavy atom. The number of hydrogen-bond acceptors (Lipinski definition) is 4. The minimum absolute atomic E-state index is 0.120. The lowest BCUT2D eigenvalue weighted by molar-refractivity contribution is -0.0702. The highest BCUT2D eigenvalue weighted by molar-refractivity contribution is 5.69. The van der Waals surface area contributed by atoms with E-state index in [1.165, 1.54) is 18.7 Å². The number of hydrogen-bond donors (Lipinski definition) is 2. The maximum atomic E-state index is 15.2. The maximum Gasteiger partial charge on any atom is 0.433 e. The number of carbonyl (C=O) groups is 1. The van der Waals surface area contributed by atoms with E-state index < -0.39 is 6.09 Å². The standard InChI is InChI=1S/C25H33FN2O3/c1-3-18-8-4-9-19(16-18)24-22(11-5-13-23(24)26)21(20-10-6-14-27-17-20)12-7-15-28(30)25(29)31-2/h4-5,8-9,11,13,16,20-21,27,30H,3,6-7,10,12,14-15,17H2,1-2H3/t20-,21-/m0/s1. The average molecular weight is 429 g/mol. The lowest BCUT2D eigenvalue weighted by Gasteiger charge is -2.33. The van der Waals surface area contributed by atoms with E-state index in [0.29, 0.717) is 23.0 Å². The summed E-state index contributed by atoms with van der Waals surface area (Å²) < 4.78 is 19.7. The predicted molar refractivity (Wildman–Crippen MR) is 120 cm³/mol. The first kappa shape index (κ1) is 23.2. The second kappa shape index (κ2) is 11.3. The van der Waals surface area contributed by atoms with E-state index in [0.717, 1.165) is 49.9 Å². The second-order valence-corrected chi connectivity index (χ2v) is 8.21. The van der Waals surface area contributed by atoms with Crippen molar-refractivity contribution in [1.82, 2.24) is 10.4 Å². The quantitative estimate of drug-likeness (QED) is 0.438. The molecule has 168 valence electrons. The van der Waals surface area contributed by atoms with Crippen molar-refractivity contribution in [1.29, 1.82) is 0 Å². The molecule has 5 nitrogen and oxygen atoms in total. The van der Waals surface area contributed by atoms with E-state index in [9.17, 15) is 10.0 Å². The SMILES string of the molecule is CCc1cccc(-c2c(F)cccc2[C@@H](CCCN(O)C(=O)OC)[C@H]2CCCNC2)c1. The molecule has 0 aromatic heterocycles. The Morgan fingerprint density at radius 1 is 1.32 bits per heavy atom. The summed E-state index contributed by atoms with van der Waals surface area (Å²) in [6.45, 7) is 4.17. The van der Waals surface area contributed by atoms with E-state index in [1.807, 2.05) is 18.2 Å². The molecule has 0 saturated carbocycles. The Labute approximate surface area is 184 Å². The van der Waals surface area contributed by atoms with Gasteiger partial charge < -0.3 is 10.1 Å². The summed E-state index contributed by atoms with van der Waals surface area (Å²) in [5.41, 5.74) is 3.75. The largest absolute Gasteiger partial charge is 0.451 e. The molecule has 1 aliphatic rings. The Kier molecular flexibility index (Phi) is 8.43. The first-order chi connectivity index (χ1) is 15.0. The van der Waals surface area contributed by atoms with Crippen molar-refractivity contribution in [2.75, 3.05) is 26.7 Å². The van der Waals surface area contributed by atoms with E-state index in [2.05, 4.69) is 29.1 Å². The summed E-state index contributed by atoms with van der Waals surface area (Å²) in [6, 6.07) is 13.5. The summed E-state index contributed by atoms with van der Waals surface area (Å²) in [4.78, 5) is 11.5. The molecule has 0 aliphatic carbocycles. The minimum atomic E-state index is -0.765. The van der Waals surface area contributed by atoms with Crippen LogP contribution in [0, 0.1) is 11.7 Å². The fourth-order valence-electron chi connectivity index (χ4n) is 4.63. The topological polar surface area (TPSA) is 61.8 Å². The summed E-state index contributed by atoms with van der Waals surface area (Å²) in [7, 11) is 1.24. The van der Waals surface area contributed by atoms with Crippen LogP contribution in [0.4, 0.5) is 9.18 Å². The Hall–Kier alpha value is -2.44. The average Bonchev–Trinajstić information content (AvgIpc) is 2.81. The maximum absolute atomic E-state index is 15.2. The highest BCUT2D eigenvalue weighted by atomic mass is 19.1. The first-order valence-corrected chi connectivity index (χ1v) is 11.2. The van der Waals surface area contributed by atoms with E-state index >= 15 is 4.39 Å². The minimum Gasteiger partial charge on any atom is -0.451 e. The number of amides is 1. The van der Waals surface area contributed by atoms with Gasteiger partial charge in [-0.15, -0.1) is 0 Å². The molecule has 2 N–H and O–H groups in total. The predicted octanol–water partition coefficient (Wildman–Crippen LogP) is 5.38. The monoisotopic (exact) mass is 428 g/mol. The molecular weight excluding hydrogens is 395 g/mol. The van der Waals surface area contributed by atoms with Crippen molar-refractivity contribution in [3.05, 3.63) is 59.4 Å². The molecule has 2 aromatic carbocycles. The zero-order valence-corrected chi connectivity index (χ0v) is 18.4. The summed E-state index contributed by atoms with van der Waals surface area (Å²) in [6.07, 6.45) is 3.63. The van der Waals surface area contributed by atoms with Gasteiger partial charge in [-0.25, -0.2) is 9.18 Å². The number of aryl methyl sites for hydroxylation is 1. The number of halogens is 1. The summed E-state index contributed by atoms with van der Waals surface area (Å²) in [5, 5.41) is 13.9. The molecule has 2 aromatic rings. The van der Waals surface area contributed by atoms with Crippen LogP contribution in [0.2, 0.25) is 0 Å². The van der Waals surface area contributed by atoms with Crippen LogP contribution in [0.5, 0.6) is 0 Å². The Morgan fingerprint density at radius 2 is 2.13 bits per heavy atom. The summed E-state index contributed by atoms with van der Waals surface area (Å²) >= 11 is 0. The van der Waals surface area contributed by atoms with Crippen molar-refractivity contribution in [3.63, 3.8) is 0 Å². The van der Waals surface area contributed by atoms with Crippen molar-refractivity contribution in [2.45, 2.75) is 44.9 Å². The van der Waals surface area contributed by atoms with Gasteiger partial charge in [0.05, 0.1) is 13.7 Å². The number of ether oxygens (including phenoxy) is 1. The van der Waals surface area contributed by atoms with Gasteiger partial charge in [0.15, 0.2) is 0 Å². The molecular formula is C25H33FN2O3. The Balaban J connectivity index is 1.93. The Bertz CT molecular complexity index is 868. The van der Waals surface area contributed by atoms with Gasteiger partial charge in [0.25, 0.3) is 0 Å². The van der Waals surface area contributed by atoms with Crippen molar-refractivity contribution in [2.24, 2.45) is 5.92 Å². The molecule has 0 spiro atoms. The number of carbonyl (C=O) groups excluding carboxylic acids is 1. The van der Waals surface area contributed by atoms with E-state index in [4.69, 9.17) is 0 Å². The van der Waals surface area contributed by atoms with E-state index in [-0.39, 0.29) is 18.3 Å². The smallest absolute Gasteiger partial charge is 0.433 e. The highest BCUT2D eigenvalue weighted by Gasteiger charge is 2.28. The molecule has 3 rings (SSSR count). The lowest BCUT2D eigenvalue weighted by Crippen LogP contribution is -2.34. The van der Waals surface area contributed by atoms with Crippen LogP contribution in [0.15, 0.2) is 42.5 Å². The van der Waals surface area contributed by atoms with Gasteiger partial charge in [-0.05, 0) is 79.8 Å². The molecule has 1 amide bonds. The first-order valence-electron chi connectivity index (χ1n) is 11.2. The number of methoxy groups -OCH3 is 1. The van der Waals surface area contributed by atoms with Crippen LogP contribution in [-0.4, -0.2) is 43.1 Å². The number of rotatable bonds is 8. The van der Waals surface area contributed by atoms with Gasteiger partial charge in [-0.1, -0.05) is 43.3 Å². The van der Waals surface area contributed by atoms with E-state index in [1.54, 1.807) is 6.07 Å². The lowest BCUT2D eigenvalue weighted by atomic mass is 9.76. The third-order valence-electron chi connectivity index (χ3n) is 6.24. The third-order valence-corrected chi connectivity index (χ3v) is 6.24. The molecule has 31 heavy (non-hydrogen) atoms. The van der Waals surface area contributed by atoms with Crippen LogP contribution < -0.4 is 5.32 Å². The fourth-order valence-corrected chi connectivity index (χ4v) is 4.63. The highest BCUT2D eigenvalue weighted by Crippen LogP contribution is 2.40. The second-order valence-electron chi connectivity index (χ2n) is 8.21.